The lowest BCUT2D eigenvalue weighted by Crippen LogP contribution is -2.45. The average Bonchev–Trinajstić information content (AvgIpc) is 3.05. The van der Waals surface area contributed by atoms with Gasteiger partial charge in [0, 0.05) is 31.4 Å². The number of hydrogen-bond donors (Lipinski definition) is 1. The summed E-state index contributed by atoms with van der Waals surface area (Å²) in [4.78, 5) is 39.9. The monoisotopic (exact) mass is 368 g/mol. The van der Waals surface area contributed by atoms with E-state index in [1.807, 2.05) is 23.3 Å². The van der Waals surface area contributed by atoms with Gasteiger partial charge in [-0.25, -0.2) is 4.98 Å². The van der Waals surface area contributed by atoms with Gasteiger partial charge in [-0.3, -0.25) is 19.6 Å². The van der Waals surface area contributed by atoms with Crippen LogP contribution in [0.5, 0.6) is 0 Å². The van der Waals surface area contributed by atoms with Crippen LogP contribution in [0.2, 0.25) is 0 Å². The van der Waals surface area contributed by atoms with E-state index in [4.69, 9.17) is 0 Å². The third-order valence-corrected chi connectivity index (χ3v) is 5.46. The summed E-state index contributed by atoms with van der Waals surface area (Å²) in [6, 6.07) is -0.114. The second-order valence-corrected chi connectivity index (χ2v) is 7.34. The number of aromatic nitrogens is 4. The summed E-state index contributed by atoms with van der Waals surface area (Å²) >= 11 is 0. The Balaban J connectivity index is 1.43. The Hall–Kier alpha value is -2.77. The molecule has 0 saturated heterocycles. The predicted molar refractivity (Wildman–Crippen MR) is 97.6 cm³/mol. The smallest absolute Gasteiger partial charge is 0.271 e. The van der Waals surface area contributed by atoms with Crippen LogP contribution in [0.15, 0.2) is 18.6 Å². The second-order valence-electron chi connectivity index (χ2n) is 7.34. The van der Waals surface area contributed by atoms with E-state index in [0.717, 1.165) is 30.8 Å². The molecule has 1 N–H and O–H groups in total. The molecule has 0 unspecified atom stereocenters. The van der Waals surface area contributed by atoms with Crippen LogP contribution in [0, 0.1) is 12.8 Å². The van der Waals surface area contributed by atoms with Crippen molar-refractivity contribution in [2.75, 3.05) is 6.54 Å². The van der Waals surface area contributed by atoms with Gasteiger partial charge < -0.3 is 14.8 Å². The van der Waals surface area contributed by atoms with Gasteiger partial charge in [0.25, 0.3) is 5.91 Å². The van der Waals surface area contributed by atoms with Crippen LogP contribution in [0.1, 0.15) is 59.9 Å². The zero-order valence-electron chi connectivity index (χ0n) is 15.7. The van der Waals surface area contributed by atoms with E-state index >= 15 is 0 Å². The molecule has 1 saturated carbocycles. The minimum atomic E-state index is -0.247. The molecule has 8 heteroatoms. The molecule has 8 nitrogen and oxygen atoms in total. The Kier molecular flexibility index (Phi) is 4.63. The quantitative estimate of drug-likeness (QED) is 0.885. The van der Waals surface area contributed by atoms with E-state index in [0.29, 0.717) is 31.0 Å². The van der Waals surface area contributed by atoms with E-state index in [2.05, 4.69) is 20.3 Å². The summed E-state index contributed by atoms with van der Waals surface area (Å²) in [5.41, 5.74) is 1.90. The van der Waals surface area contributed by atoms with Crippen LogP contribution in [0.25, 0.3) is 0 Å². The Morgan fingerprint density at radius 1 is 1.22 bits per heavy atom. The van der Waals surface area contributed by atoms with Crippen LogP contribution in [0.4, 0.5) is 0 Å². The van der Waals surface area contributed by atoms with E-state index in [1.54, 1.807) is 18.6 Å². The number of aryl methyl sites for hydroxylation is 1. The standard InChI is InChI=1S/C19H24N6O2/c1-12-8-21-15(9-20-12)10-22-18(26)16-11-24-6-7-25(13(2)17(24)23-16)19(27)14-4-3-5-14/h8-9,11,13-14H,3-7,10H2,1-2H3,(H,22,26)/t13-/m0/s1. The van der Waals surface area contributed by atoms with Crippen molar-refractivity contribution in [1.29, 1.82) is 0 Å². The van der Waals surface area contributed by atoms with Gasteiger partial charge in [-0.2, -0.15) is 0 Å². The number of nitrogens with one attached hydrogen (secondary N) is 1. The summed E-state index contributed by atoms with van der Waals surface area (Å²) < 4.78 is 1.98. The first-order chi connectivity index (χ1) is 13.0. The molecule has 1 fully saturated rings. The van der Waals surface area contributed by atoms with Crippen LogP contribution >= 0.6 is 0 Å². The van der Waals surface area contributed by atoms with Crippen LogP contribution in [0.3, 0.4) is 0 Å². The molecule has 2 aromatic rings. The third-order valence-electron chi connectivity index (χ3n) is 5.46. The first kappa shape index (κ1) is 17.6. The van der Waals surface area contributed by atoms with Crippen molar-refractivity contribution in [1.82, 2.24) is 29.7 Å². The normalized spacial score (nSPS) is 19.3. The number of hydrogen-bond acceptors (Lipinski definition) is 5. The summed E-state index contributed by atoms with van der Waals surface area (Å²) in [7, 11) is 0. The van der Waals surface area contributed by atoms with E-state index in [-0.39, 0.29) is 23.8 Å². The Morgan fingerprint density at radius 3 is 2.70 bits per heavy atom. The van der Waals surface area contributed by atoms with Gasteiger partial charge in [0.1, 0.15) is 11.5 Å². The van der Waals surface area contributed by atoms with Crippen LogP contribution < -0.4 is 5.32 Å². The van der Waals surface area contributed by atoms with Gasteiger partial charge in [0.2, 0.25) is 5.91 Å². The molecule has 27 heavy (non-hydrogen) atoms. The molecule has 0 bridgehead atoms. The van der Waals surface area contributed by atoms with E-state index in [1.165, 1.54) is 0 Å². The summed E-state index contributed by atoms with van der Waals surface area (Å²) in [5, 5.41) is 2.83. The zero-order chi connectivity index (χ0) is 19.0. The number of imidazole rings is 1. The molecule has 1 aliphatic carbocycles. The lowest BCUT2D eigenvalue weighted by molar-refractivity contribution is -0.141. The number of carbonyl (C=O) groups excluding carboxylic acids is 2. The van der Waals surface area contributed by atoms with Gasteiger partial charge in [-0.15, -0.1) is 0 Å². The number of fused-ring (bicyclic) bond motifs is 1. The van der Waals surface area contributed by atoms with Crippen molar-refractivity contribution in [3.8, 4) is 0 Å². The van der Waals surface area contributed by atoms with Crippen molar-refractivity contribution >= 4 is 11.8 Å². The van der Waals surface area contributed by atoms with Crippen molar-refractivity contribution in [2.45, 2.75) is 52.2 Å². The van der Waals surface area contributed by atoms with Crippen LogP contribution in [-0.4, -0.2) is 42.8 Å². The molecule has 4 rings (SSSR count). The summed E-state index contributed by atoms with van der Waals surface area (Å²) in [6.07, 6.45) is 8.22. The Labute approximate surface area is 158 Å². The fourth-order valence-electron chi connectivity index (χ4n) is 3.56. The van der Waals surface area contributed by atoms with Gasteiger partial charge in [0.05, 0.1) is 30.2 Å². The van der Waals surface area contributed by atoms with E-state index in [9.17, 15) is 9.59 Å². The maximum absolute atomic E-state index is 12.6. The Morgan fingerprint density at radius 2 is 2.04 bits per heavy atom. The second kappa shape index (κ2) is 7.09. The molecular weight excluding hydrogens is 344 g/mol. The fourth-order valence-corrected chi connectivity index (χ4v) is 3.56. The minimum Gasteiger partial charge on any atom is -0.345 e. The number of carbonyl (C=O) groups is 2. The molecule has 2 amide bonds. The van der Waals surface area contributed by atoms with Gasteiger partial charge >= 0.3 is 0 Å². The molecule has 0 radical (unpaired) electrons. The molecule has 1 atom stereocenters. The molecule has 0 aromatic carbocycles. The Bertz CT molecular complexity index is 856. The molecule has 3 heterocycles. The highest BCUT2D eigenvalue weighted by atomic mass is 16.2. The highest BCUT2D eigenvalue weighted by molar-refractivity contribution is 5.92. The molecule has 2 aromatic heterocycles. The van der Waals surface area contributed by atoms with Gasteiger partial charge in [-0.1, -0.05) is 6.42 Å². The number of amides is 2. The maximum Gasteiger partial charge on any atom is 0.271 e. The largest absolute Gasteiger partial charge is 0.345 e. The summed E-state index contributed by atoms with van der Waals surface area (Å²) in [5.74, 6) is 0.928. The van der Waals surface area contributed by atoms with Gasteiger partial charge in [-0.05, 0) is 26.7 Å². The van der Waals surface area contributed by atoms with Crippen molar-refractivity contribution in [3.05, 3.63) is 41.5 Å². The minimum absolute atomic E-state index is 0.114. The molecule has 1 aliphatic heterocycles. The van der Waals surface area contributed by atoms with Gasteiger partial charge in [0.15, 0.2) is 0 Å². The molecule has 0 spiro atoms. The van der Waals surface area contributed by atoms with Crippen molar-refractivity contribution < 1.29 is 9.59 Å². The van der Waals surface area contributed by atoms with Crippen molar-refractivity contribution in [2.24, 2.45) is 5.92 Å². The molecule has 2 aliphatic rings. The average molecular weight is 368 g/mol. The SMILES string of the molecule is Cc1cnc(CNC(=O)c2cn3c(n2)[C@H](C)N(C(=O)C2CCC2)CC3)cn1. The lowest BCUT2D eigenvalue weighted by Gasteiger charge is -2.38. The number of rotatable bonds is 4. The topological polar surface area (TPSA) is 93.0 Å². The highest BCUT2D eigenvalue weighted by Gasteiger charge is 2.36. The zero-order valence-corrected chi connectivity index (χ0v) is 15.7. The lowest BCUT2D eigenvalue weighted by atomic mass is 9.84. The maximum atomic E-state index is 12.6. The van der Waals surface area contributed by atoms with Crippen LogP contribution in [-0.2, 0) is 17.9 Å². The molecule has 142 valence electrons. The van der Waals surface area contributed by atoms with E-state index < -0.39 is 0 Å². The van der Waals surface area contributed by atoms with Crippen molar-refractivity contribution in [3.63, 3.8) is 0 Å². The molecular formula is C19H24N6O2. The third kappa shape index (κ3) is 3.43. The number of nitrogens with zero attached hydrogens (tertiary/aromatic N) is 5. The predicted octanol–water partition coefficient (Wildman–Crippen LogP) is 1.61. The first-order valence-electron chi connectivity index (χ1n) is 9.46. The fraction of sp³-hybridized carbons (Fsp3) is 0.526. The summed E-state index contributed by atoms with van der Waals surface area (Å²) in [6.45, 7) is 5.49. The first-order valence-corrected chi connectivity index (χ1v) is 9.46. The highest BCUT2D eigenvalue weighted by Crippen LogP contribution is 2.33.